The van der Waals surface area contributed by atoms with E-state index in [1.54, 1.807) is 12.1 Å². The number of aromatic nitrogens is 3. The molecule has 0 radical (unpaired) electrons. The molecule has 2 aromatic carbocycles. The molecule has 4 aromatic rings. The van der Waals surface area contributed by atoms with Crippen LogP contribution in [-0.2, 0) is 22.7 Å². The van der Waals surface area contributed by atoms with Gasteiger partial charge in [0.25, 0.3) is 11.5 Å². The van der Waals surface area contributed by atoms with Crippen molar-refractivity contribution in [1.82, 2.24) is 25.3 Å². The van der Waals surface area contributed by atoms with Crippen LogP contribution in [0.2, 0.25) is 0 Å². The minimum Gasteiger partial charge on any atom is -0.399 e. The number of carbonyl (C=O) groups is 3. The highest BCUT2D eigenvalue weighted by atomic mass is 19.1. The quantitative estimate of drug-likeness (QED) is 0.154. The standard InChI is InChI=1S/C28H33FN8O4.C3H6O.CH3F/c1-5-15(4)35-27(39)17-6-16(7-19(30)8-17)22-12-33-26(34-14(2)3)28(40)37(22)13-24(38)32-11-18-9-23-20(10-21(18)29)25(31)36-41-23;1-3(2)4;1-2/h6-10,12,14-15H,5,11,13,30H2,1-4H3,(H2,31,36)(H,32,38)(H,33,34)(H,35,39);1-2H3;1H3/t15-;;/m0../s1. The van der Waals surface area contributed by atoms with Gasteiger partial charge in [0.1, 0.15) is 18.1 Å². The summed E-state index contributed by atoms with van der Waals surface area (Å²) in [7, 11) is 0.500. The van der Waals surface area contributed by atoms with E-state index in [9.17, 15) is 28.0 Å². The van der Waals surface area contributed by atoms with E-state index in [1.807, 2.05) is 27.7 Å². The predicted molar refractivity (Wildman–Crippen MR) is 178 cm³/mol. The molecule has 7 N–H and O–H groups in total. The number of nitrogen functional groups attached to an aromatic ring is 2. The van der Waals surface area contributed by atoms with Crippen LogP contribution < -0.4 is 33.0 Å². The van der Waals surface area contributed by atoms with Gasteiger partial charge in [-0.1, -0.05) is 12.1 Å². The Morgan fingerprint density at radius 3 is 2.32 bits per heavy atom. The van der Waals surface area contributed by atoms with Crippen LogP contribution in [0.25, 0.3) is 22.2 Å². The molecule has 0 aliphatic heterocycles. The highest BCUT2D eigenvalue weighted by molar-refractivity contribution is 5.96. The van der Waals surface area contributed by atoms with Crippen molar-refractivity contribution in [2.24, 2.45) is 0 Å². The van der Waals surface area contributed by atoms with Crippen LogP contribution in [0.15, 0.2) is 45.8 Å². The molecule has 47 heavy (non-hydrogen) atoms. The molecule has 2 heterocycles. The molecule has 15 heteroatoms. The van der Waals surface area contributed by atoms with Crippen molar-refractivity contribution in [2.45, 2.75) is 73.1 Å². The molecule has 13 nitrogen and oxygen atoms in total. The maximum Gasteiger partial charge on any atom is 0.294 e. The van der Waals surface area contributed by atoms with Crippen LogP contribution >= 0.6 is 0 Å². The third kappa shape index (κ3) is 10.6. The van der Waals surface area contributed by atoms with Gasteiger partial charge in [0, 0.05) is 41.0 Å². The van der Waals surface area contributed by atoms with Gasteiger partial charge in [0.05, 0.1) is 24.5 Å². The third-order valence-electron chi connectivity index (χ3n) is 6.43. The Labute approximate surface area is 271 Å². The Bertz CT molecular complexity index is 1770. The molecule has 2 aromatic heterocycles. The summed E-state index contributed by atoms with van der Waals surface area (Å²) in [5, 5.41) is 12.4. The second kappa shape index (κ2) is 17.4. The number of carbonyl (C=O) groups excluding carboxylic acids is 3. The predicted octanol–water partition coefficient (Wildman–Crippen LogP) is 4.20. The van der Waals surface area contributed by atoms with Crippen LogP contribution in [-0.4, -0.2) is 51.6 Å². The summed E-state index contributed by atoms with van der Waals surface area (Å²) < 4.78 is 30.4. The van der Waals surface area contributed by atoms with Crippen LogP contribution in [0, 0.1) is 5.82 Å². The number of alkyl halides is 1. The van der Waals surface area contributed by atoms with E-state index in [-0.39, 0.29) is 58.8 Å². The SMILES string of the molecule is CC(C)=O.CC[C@H](C)NC(=O)c1cc(N)cc(-c2cnc(NC(C)C)c(=O)n2CC(=O)NCc2cc3onc(N)c3cc2F)c1.CF. The van der Waals surface area contributed by atoms with E-state index < -0.39 is 23.8 Å². The number of nitrogens with one attached hydrogen (secondary N) is 3. The summed E-state index contributed by atoms with van der Waals surface area (Å²) in [6, 6.07) is 7.15. The normalized spacial score (nSPS) is 11.1. The number of amides is 2. The smallest absolute Gasteiger partial charge is 0.294 e. The number of Topliss-reactive ketones (excluding diaryl/α,β-unsaturated/α-hetero) is 1. The first-order valence-electron chi connectivity index (χ1n) is 14.7. The van der Waals surface area contributed by atoms with Crippen molar-refractivity contribution < 1.29 is 27.7 Å². The van der Waals surface area contributed by atoms with Crippen LogP contribution in [0.4, 0.5) is 26.1 Å². The fourth-order valence-corrected chi connectivity index (χ4v) is 4.13. The van der Waals surface area contributed by atoms with Crippen molar-refractivity contribution in [3.63, 3.8) is 0 Å². The van der Waals surface area contributed by atoms with E-state index >= 15 is 0 Å². The molecule has 0 bridgehead atoms. The molecule has 0 saturated carbocycles. The van der Waals surface area contributed by atoms with E-state index in [2.05, 4.69) is 26.1 Å². The number of nitrogens with two attached hydrogens (primary N) is 2. The molecule has 0 aliphatic carbocycles. The topological polar surface area (TPSA) is 200 Å². The number of anilines is 3. The Morgan fingerprint density at radius 2 is 1.70 bits per heavy atom. The number of fused-ring (bicyclic) bond motifs is 1. The molecule has 0 saturated heterocycles. The summed E-state index contributed by atoms with van der Waals surface area (Å²) in [5.74, 6) is -1.20. The zero-order valence-electron chi connectivity index (χ0n) is 27.5. The van der Waals surface area contributed by atoms with Gasteiger partial charge in [0.2, 0.25) is 5.91 Å². The molecule has 0 unspecified atom stereocenters. The summed E-state index contributed by atoms with van der Waals surface area (Å²) in [6.07, 6.45) is 2.18. The fourth-order valence-electron chi connectivity index (χ4n) is 4.13. The second-order valence-electron chi connectivity index (χ2n) is 11.0. The van der Waals surface area contributed by atoms with Gasteiger partial charge in [0.15, 0.2) is 17.2 Å². The summed E-state index contributed by atoms with van der Waals surface area (Å²) >= 11 is 0. The first-order valence-corrected chi connectivity index (χ1v) is 14.7. The largest absolute Gasteiger partial charge is 0.399 e. The van der Waals surface area contributed by atoms with E-state index in [0.717, 1.165) is 6.42 Å². The number of nitrogens with zero attached hydrogens (tertiary/aromatic N) is 3. The molecule has 4 rings (SSSR count). The zero-order valence-corrected chi connectivity index (χ0v) is 27.5. The lowest BCUT2D eigenvalue weighted by Gasteiger charge is -2.17. The molecular weight excluding hydrogens is 614 g/mol. The summed E-state index contributed by atoms with van der Waals surface area (Å²) in [4.78, 5) is 53.0. The first-order chi connectivity index (χ1) is 22.2. The van der Waals surface area contributed by atoms with Gasteiger partial charge in [-0.15, -0.1) is 0 Å². The molecule has 1 atom stereocenters. The summed E-state index contributed by atoms with van der Waals surface area (Å²) in [6.45, 7) is 10.0. The maximum atomic E-state index is 14.6. The van der Waals surface area contributed by atoms with Crippen molar-refractivity contribution in [3.05, 3.63) is 63.8 Å². The van der Waals surface area contributed by atoms with Gasteiger partial charge >= 0.3 is 0 Å². The average Bonchev–Trinajstić information content (AvgIpc) is 3.36. The number of hydrogen-bond donors (Lipinski definition) is 5. The first kappa shape index (κ1) is 37.8. The van der Waals surface area contributed by atoms with Gasteiger partial charge < -0.3 is 36.7 Å². The highest BCUT2D eigenvalue weighted by Crippen LogP contribution is 2.25. The molecule has 254 valence electrons. The highest BCUT2D eigenvalue weighted by Gasteiger charge is 2.19. The molecular formula is C32H42F2N8O5. The number of rotatable bonds is 10. The monoisotopic (exact) mass is 656 g/mol. The van der Waals surface area contributed by atoms with Crippen LogP contribution in [0.1, 0.15) is 63.9 Å². The van der Waals surface area contributed by atoms with Gasteiger partial charge in [-0.3, -0.25) is 23.3 Å². The Balaban J connectivity index is 0.00000119. The lowest BCUT2D eigenvalue weighted by atomic mass is 10.1. The number of ketones is 1. The maximum absolute atomic E-state index is 14.6. The Morgan fingerprint density at radius 1 is 1.04 bits per heavy atom. The van der Waals surface area contributed by atoms with Gasteiger partial charge in [-0.2, -0.15) is 0 Å². The molecule has 0 aliphatic rings. The van der Waals surface area contributed by atoms with Crippen molar-refractivity contribution in [3.8, 4) is 11.3 Å². The number of benzene rings is 2. The molecule has 2 amide bonds. The minimum atomic E-state index is -0.596. The van der Waals surface area contributed by atoms with Crippen LogP contribution in [0.5, 0.6) is 0 Å². The van der Waals surface area contributed by atoms with Gasteiger partial charge in [-0.25, -0.2) is 9.37 Å². The zero-order chi connectivity index (χ0) is 35.4. The lowest BCUT2D eigenvalue weighted by Crippen LogP contribution is -2.35. The molecule has 0 spiro atoms. The fraction of sp³-hybridized carbons (Fsp3) is 0.375. The minimum absolute atomic E-state index is 0.0506. The molecule has 0 fully saturated rings. The van der Waals surface area contributed by atoms with E-state index in [1.165, 1.54) is 42.8 Å². The Kier molecular flexibility index (Phi) is 14.0. The summed E-state index contributed by atoms with van der Waals surface area (Å²) in [5.41, 5.74) is 13.0. The Hall–Kier alpha value is -5.34. The third-order valence-corrected chi connectivity index (χ3v) is 6.43. The average molecular weight is 657 g/mol. The van der Waals surface area contributed by atoms with Crippen molar-refractivity contribution in [1.29, 1.82) is 0 Å². The van der Waals surface area contributed by atoms with E-state index in [0.29, 0.717) is 29.4 Å². The van der Waals surface area contributed by atoms with Crippen molar-refractivity contribution >= 4 is 45.9 Å². The van der Waals surface area contributed by atoms with Gasteiger partial charge in [-0.05, 0) is 71.4 Å². The number of hydrogen-bond acceptors (Lipinski definition) is 10. The number of halogens is 2. The lowest BCUT2D eigenvalue weighted by molar-refractivity contribution is -0.121. The van der Waals surface area contributed by atoms with E-state index in [4.69, 9.17) is 16.0 Å². The van der Waals surface area contributed by atoms with Crippen LogP contribution in [0.3, 0.4) is 0 Å². The van der Waals surface area contributed by atoms with Crippen molar-refractivity contribution in [2.75, 3.05) is 24.0 Å². The second-order valence-corrected chi connectivity index (χ2v) is 11.0.